The van der Waals surface area contributed by atoms with Gasteiger partial charge in [0.1, 0.15) is 0 Å². The van der Waals surface area contributed by atoms with Gasteiger partial charge in [-0.15, -0.1) is 0 Å². The lowest BCUT2D eigenvalue weighted by atomic mass is 10.3. The van der Waals surface area contributed by atoms with Gasteiger partial charge in [-0.3, -0.25) is 10.2 Å². The van der Waals surface area contributed by atoms with E-state index in [2.05, 4.69) is 10.5 Å². The van der Waals surface area contributed by atoms with Gasteiger partial charge in [0.15, 0.2) is 15.6 Å². The Morgan fingerprint density at radius 1 is 1.24 bits per heavy atom. The quantitative estimate of drug-likeness (QED) is 0.382. The first kappa shape index (κ1) is 16.5. The molecule has 0 saturated heterocycles. The van der Waals surface area contributed by atoms with E-state index in [9.17, 15) is 13.2 Å². The van der Waals surface area contributed by atoms with Crippen LogP contribution >= 0.6 is 34.8 Å². The number of nitrogens with zero attached hydrogens (tertiary/aromatic N) is 1. The molecular weight excluding hydrogens is 359 g/mol. The van der Waals surface area contributed by atoms with Crippen molar-refractivity contribution in [2.45, 2.75) is 12.8 Å². The highest BCUT2D eigenvalue weighted by Crippen LogP contribution is 2.33. The Labute approximate surface area is 137 Å². The van der Waals surface area contributed by atoms with Crippen LogP contribution in [-0.2, 0) is 14.6 Å². The van der Waals surface area contributed by atoms with E-state index in [0.29, 0.717) is 18.5 Å². The third kappa shape index (κ3) is 4.10. The predicted octanol–water partition coefficient (Wildman–Crippen LogP) is 3.40. The van der Waals surface area contributed by atoms with Crippen molar-refractivity contribution >= 4 is 61.2 Å². The molecule has 5 nitrogen and oxygen atoms in total. The van der Waals surface area contributed by atoms with Gasteiger partial charge in [0.25, 0.3) is 0 Å². The summed E-state index contributed by atoms with van der Waals surface area (Å²) in [4.78, 5) is 11.9. The van der Waals surface area contributed by atoms with Gasteiger partial charge in [-0.2, -0.15) is 5.10 Å². The summed E-state index contributed by atoms with van der Waals surface area (Å²) in [5, 5.41) is 3.78. The summed E-state index contributed by atoms with van der Waals surface area (Å²) in [5.74, 6) is -0.728. The van der Waals surface area contributed by atoms with Crippen LogP contribution in [0.15, 0.2) is 17.2 Å². The molecule has 1 aliphatic rings. The number of sulfone groups is 1. The summed E-state index contributed by atoms with van der Waals surface area (Å²) in [6.07, 6.45) is 2.31. The molecular formula is C12H11Cl3N2O3S. The van der Waals surface area contributed by atoms with Crippen LogP contribution in [0.1, 0.15) is 12.8 Å². The number of rotatable bonds is 4. The minimum absolute atomic E-state index is 0.185. The molecule has 0 aromatic heterocycles. The van der Waals surface area contributed by atoms with Crippen LogP contribution in [0.4, 0.5) is 5.69 Å². The Hall–Kier alpha value is -0.820. The van der Waals surface area contributed by atoms with Gasteiger partial charge in [0, 0.05) is 12.2 Å². The van der Waals surface area contributed by atoms with Gasteiger partial charge in [0.2, 0.25) is 5.04 Å². The summed E-state index contributed by atoms with van der Waals surface area (Å²) < 4.78 is 23.3. The fraction of sp³-hybridized carbons (Fsp3) is 0.333. The molecule has 0 atom stereocenters. The first-order valence-electron chi connectivity index (χ1n) is 5.92. The Bertz CT molecular complexity index is 704. The minimum atomic E-state index is -3.72. The topological polar surface area (TPSA) is 75.6 Å². The molecule has 1 aliphatic carbocycles. The molecule has 1 fully saturated rings. The first-order chi connectivity index (χ1) is 9.70. The molecule has 1 aromatic carbocycles. The van der Waals surface area contributed by atoms with Gasteiger partial charge < -0.3 is 0 Å². The van der Waals surface area contributed by atoms with E-state index in [0.717, 1.165) is 6.26 Å². The van der Waals surface area contributed by atoms with Crippen LogP contribution < -0.4 is 5.43 Å². The average molecular weight is 370 g/mol. The summed E-state index contributed by atoms with van der Waals surface area (Å²) >= 11 is 17.5. The van der Waals surface area contributed by atoms with Crippen LogP contribution in [0.5, 0.6) is 0 Å². The second-order valence-electron chi connectivity index (χ2n) is 4.69. The molecule has 1 N–H and O–H groups in total. The lowest BCUT2D eigenvalue weighted by molar-refractivity contribution is -0.113. The van der Waals surface area contributed by atoms with E-state index >= 15 is 0 Å². The Morgan fingerprint density at radius 3 is 2.19 bits per heavy atom. The largest absolute Gasteiger partial charge is 0.291 e. The number of hydrogen-bond acceptors (Lipinski definition) is 5. The number of benzene rings is 1. The SMILES string of the molecule is CS(=O)(=O)/C(=N\Nc1cc(Cl)c(Cl)c(Cl)c1)C(=O)C1CC1. The molecule has 0 heterocycles. The highest BCUT2D eigenvalue weighted by molar-refractivity contribution is 8.07. The number of Topliss-reactive ketones (excluding diaryl/α,β-unsaturated/α-hetero) is 1. The number of ketones is 1. The molecule has 21 heavy (non-hydrogen) atoms. The van der Waals surface area contributed by atoms with E-state index in [1.54, 1.807) is 0 Å². The summed E-state index contributed by atoms with van der Waals surface area (Å²) in [5.41, 5.74) is 2.82. The molecule has 0 unspecified atom stereocenters. The molecule has 0 amide bonds. The van der Waals surface area contributed by atoms with Gasteiger partial charge in [-0.25, -0.2) is 8.42 Å². The zero-order chi connectivity index (χ0) is 15.8. The van der Waals surface area contributed by atoms with Gasteiger partial charge in [-0.1, -0.05) is 34.8 Å². The molecule has 1 aromatic rings. The van der Waals surface area contributed by atoms with Crippen LogP contribution in [-0.4, -0.2) is 25.5 Å². The maximum absolute atomic E-state index is 11.9. The van der Waals surface area contributed by atoms with Crippen LogP contribution in [0.25, 0.3) is 0 Å². The van der Waals surface area contributed by atoms with E-state index < -0.39 is 20.7 Å². The van der Waals surface area contributed by atoms with Crippen LogP contribution in [0.2, 0.25) is 15.1 Å². The monoisotopic (exact) mass is 368 g/mol. The molecule has 0 aliphatic heterocycles. The Morgan fingerprint density at radius 2 is 1.76 bits per heavy atom. The van der Waals surface area contributed by atoms with Crippen molar-refractivity contribution in [3.63, 3.8) is 0 Å². The fourth-order valence-electron chi connectivity index (χ4n) is 1.58. The lowest BCUT2D eigenvalue weighted by Gasteiger charge is -2.07. The molecule has 114 valence electrons. The van der Waals surface area contributed by atoms with Gasteiger partial charge in [0.05, 0.1) is 20.8 Å². The second-order valence-corrected chi connectivity index (χ2v) is 7.82. The van der Waals surface area contributed by atoms with E-state index in [1.165, 1.54) is 12.1 Å². The second kappa shape index (κ2) is 6.12. The van der Waals surface area contributed by atoms with Crippen molar-refractivity contribution in [1.29, 1.82) is 0 Å². The molecule has 0 bridgehead atoms. The molecule has 9 heteroatoms. The standard InChI is InChI=1S/C12H11Cl3N2O3S/c1-21(19,20)12(11(18)6-2-3-6)17-16-7-4-8(13)10(15)9(14)5-7/h4-6,16H,2-3H2,1H3/b17-12-. The van der Waals surface area contributed by atoms with Gasteiger partial charge in [-0.05, 0) is 25.0 Å². The first-order valence-corrected chi connectivity index (χ1v) is 8.95. The van der Waals surface area contributed by atoms with Crippen molar-refractivity contribution in [3.05, 3.63) is 27.2 Å². The van der Waals surface area contributed by atoms with E-state index in [-0.39, 0.29) is 21.0 Å². The maximum Gasteiger partial charge on any atom is 0.218 e. The molecule has 1 saturated carbocycles. The fourth-order valence-corrected chi connectivity index (χ4v) is 2.92. The van der Waals surface area contributed by atoms with Crippen molar-refractivity contribution < 1.29 is 13.2 Å². The third-order valence-corrected chi connectivity index (χ3v) is 4.97. The van der Waals surface area contributed by atoms with Crippen LogP contribution in [0, 0.1) is 5.92 Å². The lowest BCUT2D eigenvalue weighted by Crippen LogP contribution is -2.26. The van der Waals surface area contributed by atoms with Crippen molar-refractivity contribution in [3.8, 4) is 0 Å². The van der Waals surface area contributed by atoms with E-state index in [1.807, 2.05) is 0 Å². The number of hydrazone groups is 1. The Balaban J connectivity index is 2.30. The number of carbonyl (C=O) groups excluding carboxylic acids is 1. The zero-order valence-corrected chi connectivity index (χ0v) is 13.9. The number of hydrogen-bond donors (Lipinski definition) is 1. The normalized spacial score (nSPS) is 15.9. The van der Waals surface area contributed by atoms with Crippen molar-refractivity contribution in [2.24, 2.45) is 11.0 Å². The van der Waals surface area contributed by atoms with Crippen molar-refractivity contribution in [1.82, 2.24) is 0 Å². The number of halogens is 3. The van der Waals surface area contributed by atoms with Gasteiger partial charge >= 0.3 is 0 Å². The molecule has 0 spiro atoms. The zero-order valence-electron chi connectivity index (χ0n) is 10.9. The third-order valence-electron chi connectivity index (χ3n) is 2.78. The van der Waals surface area contributed by atoms with Crippen LogP contribution in [0.3, 0.4) is 0 Å². The van der Waals surface area contributed by atoms with E-state index in [4.69, 9.17) is 34.8 Å². The Kier molecular flexibility index (Phi) is 4.82. The summed E-state index contributed by atoms with van der Waals surface area (Å²) in [7, 11) is -3.72. The van der Waals surface area contributed by atoms with Crippen molar-refractivity contribution in [2.75, 3.05) is 11.7 Å². The maximum atomic E-state index is 11.9. The number of anilines is 1. The average Bonchev–Trinajstić information content (AvgIpc) is 3.18. The number of carbonyl (C=O) groups is 1. The highest BCUT2D eigenvalue weighted by atomic mass is 35.5. The minimum Gasteiger partial charge on any atom is -0.291 e. The highest BCUT2D eigenvalue weighted by Gasteiger charge is 2.37. The summed E-state index contributed by atoms with van der Waals surface area (Å²) in [6.45, 7) is 0. The number of nitrogens with one attached hydrogen (secondary N) is 1. The molecule has 0 radical (unpaired) electrons. The predicted molar refractivity (Wildman–Crippen MR) is 85.1 cm³/mol. The summed E-state index contributed by atoms with van der Waals surface area (Å²) in [6, 6.07) is 2.86. The smallest absolute Gasteiger partial charge is 0.218 e. The molecule has 2 rings (SSSR count).